The zero-order valence-electron chi connectivity index (χ0n) is 19.9. The normalized spacial score (nSPS) is 15.0. The lowest BCUT2D eigenvalue weighted by Gasteiger charge is -2.25. The van der Waals surface area contributed by atoms with Crippen molar-refractivity contribution in [2.24, 2.45) is 7.05 Å². The number of hydrogen-bond donors (Lipinski definition) is 0. The van der Waals surface area contributed by atoms with Crippen LogP contribution in [0.4, 0.5) is 4.39 Å². The molecular weight excluding hydrogens is 477 g/mol. The summed E-state index contributed by atoms with van der Waals surface area (Å²) >= 11 is 0. The largest absolute Gasteiger partial charge is 0.497 e. The van der Waals surface area contributed by atoms with Crippen molar-refractivity contribution in [3.63, 3.8) is 0 Å². The number of aryl methyl sites for hydroxylation is 1. The molecule has 6 rings (SSSR count). The predicted molar refractivity (Wildman–Crippen MR) is 136 cm³/mol. The summed E-state index contributed by atoms with van der Waals surface area (Å²) < 4.78 is 32.6. The van der Waals surface area contributed by atoms with Crippen LogP contribution in [0, 0.1) is 5.82 Å². The first-order valence-electron chi connectivity index (χ1n) is 11.6. The van der Waals surface area contributed by atoms with Gasteiger partial charge in [0, 0.05) is 35.7 Å². The Balaban J connectivity index is 1.60. The molecule has 1 atom stereocenters. The Morgan fingerprint density at radius 2 is 1.81 bits per heavy atom. The van der Waals surface area contributed by atoms with Crippen molar-refractivity contribution in [3.8, 4) is 22.6 Å². The van der Waals surface area contributed by atoms with E-state index in [-0.39, 0.29) is 39.8 Å². The van der Waals surface area contributed by atoms with E-state index in [1.54, 1.807) is 38.4 Å². The van der Waals surface area contributed by atoms with Crippen LogP contribution >= 0.6 is 0 Å². The zero-order valence-corrected chi connectivity index (χ0v) is 19.9. The van der Waals surface area contributed by atoms with E-state index in [4.69, 9.17) is 13.9 Å². The fourth-order valence-corrected chi connectivity index (χ4v) is 5.03. The van der Waals surface area contributed by atoms with E-state index in [0.29, 0.717) is 22.4 Å². The number of hydrogen-bond acceptors (Lipinski definition) is 6. The Kier molecular flexibility index (Phi) is 5.19. The number of nitrogens with zero attached hydrogens (tertiary/aromatic N) is 1. The highest BCUT2D eigenvalue weighted by molar-refractivity contribution is 5.91. The Morgan fingerprint density at radius 3 is 2.59 bits per heavy atom. The van der Waals surface area contributed by atoms with Gasteiger partial charge in [0.05, 0.1) is 30.0 Å². The number of fused-ring (bicyclic) bond motifs is 4. The number of aromatic nitrogens is 1. The van der Waals surface area contributed by atoms with E-state index in [2.05, 4.69) is 0 Å². The van der Waals surface area contributed by atoms with E-state index in [1.165, 1.54) is 41.2 Å². The summed E-state index contributed by atoms with van der Waals surface area (Å²) in [5.74, 6) is -0.936. The molecule has 8 heteroatoms. The topological polar surface area (TPSA) is 87.7 Å². The number of ether oxygens (including phenoxy) is 2. The highest BCUT2D eigenvalue weighted by atomic mass is 19.1. The molecule has 3 heterocycles. The van der Waals surface area contributed by atoms with Crippen molar-refractivity contribution in [1.82, 2.24) is 4.57 Å². The van der Waals surface area contributed by atoms with Crippen LogP contribution in [0.1, 0.15) is 23.5 Å². The fourth-order valence-electron chi connectivity index (χ4n) is 5.03. The van der Waals surface area contributed by atoms with Crippen LogP contribution in [0.2, 0.25) is 0 Å². The summed E-state index contributed by atoms with van der Waals surface area (Å²) in [4.78, 5) is 39.5. The van der Waals surface area contributed by atoms with Gasteiger partial charge in [-0.1, -0.05) is 18.2 Å². The lowest BCUT2D eigenvalue weighted by molar-refractivity contribution is -0.135. The van der Waals surface area contributed by atoms with Gasteiger partial charge >= 0.3 is 5.97 Å². The minimum atomic E-state index is -0.715. The van der Waals surface area contributed by atoms with Gasteiger partial charge in [-0.05, 0) is 41.8 Å². The molecule has 0 saturated carbocycles. The Hall–Kier alpha value is -4.72. The van der Waals surface area contributed by atoms with Gasteiger partial charge in [0.15, 0.2) is 0 Å². The van der Waals surface area contributed by atoms with Gasteiger partial charge in [-0.15, -0.1) is 0 Å². The number of benzene rings is 3. The summed E-state index contributed by atoms with van der Waals surface area (Å²) in [6.45, 7) is 0. The van der Waals surface area contributed by atoms with Crippen LogP contribution in [0.3, 0.4) is 0 Å². The van der Waals surface area contributed by atoms with Gasteiger partial charge in [-0.3, -0.25) is 14.4 Å². The molecule has 0 radical (unpaired) electrons. The van der Waals surface area contributed by atoms with Crippen molar-refractivity contribution >= 4 is 27.8 Å². The molecule has 0 bridgehead atoms. The monoisotopic (exact) mass is 497 g/mol. The standard InChI is InChI=1S/C29H20FNO6/c1-31-23-12-16(35-2)8-7-15(23)11-20(29(31)34)19-13-25(32)37-24-10-9-18-27(33)21(14-36-28(18)26(19)24)17-5-3-4-6-22(17)30/h3-12,14,19H,13H2,1-2H3/t19-/m1/s1. The van der Waals surface area contributed by atoms with Crippen LogP contribution in [0.25, 0.3) is 33.0 Å². The van der Waals surface area contributed by atoms with Crippen LogP contribution in [0.15, 0.2) is 80.9 Å². The predicted octanol–water partition coefficient (Wildman–Crippen LogP) is 4.90. The molecule has 5 aromatic rings. The molecule has 37 heavy (non-hydrogen) atoms. The highest BCUT2D eigenvalue weighted by Gasteiger charge is 2.34. The lowest BCUT2D eigenvalue weighted by atomic mass is 9.85. The lowest BCUT2D eigenvalue weighted by Crippen LogP contribution is -2.29. The Labute approximate surface area is 209 Å². The van der Waals surface area contributed by atoms with Crippen LogP contribution in [0.5, 0.6) is 11.5 Å². The smallest absolute Gasteiger partial charge is 0.312 e. The molecule has 0 unspecified atom stereocenters. The molecule has 0 saturated heterocycles. The SMILES string of the molecule is COc1ccc2cc([C@H]3CC(=O)Oc4ccc5c(=O)c(-c6ccccc6F)coc5c43)c(=O)n(C)c2c1. The number of esters is 1. The van der Waals surface area contributed by atoms with Crippen molar-refractivity contribution in [2.75, 3.05) is 7.11 Å². The minimum absolute atomic E-state index is 0.0745. The van der Waals surface area contributed by atoms with Crippen LogP contribution < -0.4 is 20.5 Å². The van der Waals surface area contributed by atoms with E-state index in [9.17, 15) is 18.8 Å². The van der Waals surface area contributed by atoms with Gasteiger partial charge in [-0.2, -0.15) is 0 Å². The first-order chi connectivity index (χ1) is 17.9. The molecule has 7 nitrogen and oxygen atoms in total. The highest BCUT2D eigenvalue weighted by Crippen LogP contribution is 2.42. The van der Waals surface area contributed by atoms with E-state index < -0.39 is 23.1 Å². The number of halogens is 1. The van der Waals surface area contributed by atoms with Gasteiger partial charge in [0.1, 0.15) is 29.2 Å². The molecule has 0 N–H and O–H groups in total. The third-order valence-electron chi connectivity index (χ3n) is 6.88. The molecule has 1 aliphatic rings. The van der Waals surface area contributed by atoms with E-state index in [0.717, 1.165) is 5.39 Å². The molecule has 0 aliphatic carbocycles. The molecule has 0 fully saturated rings. The summed E-state index contributed by atoms with van der Waals surface area (Å²) in [5, 5.41) is 0.978. The molecular formula is C29H20FNO6. The fraction of sp³-hybridized carbons (Fsp3) is 0.138. The third kappa shape index (κ3) is 3.52. The molecule has 1 aliphatic heterocycles. The summed E-state index contributed by atoms with van der Waals surface area (Å²) in [6.07, 6.45) is 1.10. The second kappa shape index (κ2) is 8.44. The number of rotatable bonds is 3. The average molecular weight is 497 g/mol. The Bertz CT molecular complexity index is 1870. The van der Waals surface area contributed by atoms with Crippen molar-refractivity contribution in [2.45, 2.75) is 12.3 Å². The first kappa shape index (κ1) is 22.7. The maximum atomic E-state index is 14.4. The molecule has 184 valence electrons. The number of carbonyl (C=O) groups excluding carboxylic acids is 1. The van der Waals surface area contributed by atoms with Gasteiger partial charge in [0.25, 0.3) is 5.56 Å². The second-order valence-electron chi connectivity index (χ2n) is 8.93. The van der Waals surface area contributed by atoms with Crippen LogP contribution in [-0.4, -0.2) is 17.6 Å². The van der Waals surface area contributed by atoms with Crippen molar-refractivity contribution < 1.29 is 23.1 Å². The zero-order chi connectivity index (χ0) is 25.8. The number of carbonyl (C=O) groups is 1. The first-order valence-corrected chi connectivity index (χ1v) is 11.6. The van der Waals surface area contributed by atoms with E-state index >= 15 is 0 Å². The quantitative estimate of drug-likeness (QED) is 0.260. The van der Waals surface area contributed by atoms with Gasteiger partial charge < -0.3 is 18.5 Å². The third-order valence-corrected chi connectivity index (χ3v) is 6.88. The maximum Gasteiger partial charge on any atom is 0.312 e. The summed E-state index contributed by atoms with van der Waals surface area (Å²) in [5.41, 5.74) is 1.13. The molecule has 3 aromatic carbocycles. The maximum absolute atomic E-state index is 14.4. The summed E-state index contributed by atoms with van der Waals surface area (Å²) in [7, 11) is 3.20. The molecule has 0 amide bonds. The van der Waals surface area contributed by atoms with E-state index in [1.807, 2.05) is 6.07 Å². The molecule has 2 aromatic heterocycles. The average Bonchev–Trinajstić information content (AvgIpc) is 2.90. The second-order valence-corrected chi connectivity index (χ2v) is 8.93. The van der Waals surface area contributed by atoms with Crippen molar-refractivity contribution in [3.05, 3.63) is 104 Å². The number of pyridine rings is 1. The van der Waals surface area contributed by atoms with Crippen molar-refractivity contribution in [1.29, 1.82) is 0 Å². The number of methoxy groups -OCH3 is 1. The molecule has 0 spiro atoms. The van der Waals surface area contributed by atoms with Gasteiger partial charge in [-0.25, -0.2) is 4.39 Å². The minimum Gasteiger partial charge on any atom is -0.497 e. The van der Waals surface area contributed by atoms with Gasteiger partial charge in [0.2, 0.25) is 5.43 Å². The summed E-state index contributed by atoms with van der Waals surface area (Å²) in [6, 6.07) is 16.1. The van der Waals surface area contributed by atoms with Crippen LogP contribution in [-0.2, 0) is 11.8 Å². The Morgan fingerprint density at radius 1 is 1.00 bits per heavy atom.